The van der Waals surface area contributed by atoms with E-state index in [-0.39, 0.29) is 11.7 Å². The predicted octanol–water partition coefficient (Wildman–Crippen LogP) is 5.13. The number of aryl methyl sites for hydroxylation is 1. The van der Waals surface area contributed by atoms with E-state index < -0.39 is 0 Å². The SMILES string of the molecule is C=CCn1c(SCC(=O)Nc2cccc(Cl)c2C)nnc1-c1cccc(C)c1. The third-order valence-corrected chi connectivity index (χ3v) is 5.56. The second-order valence-corrected chi connectivity index (χ2v) is 7.67. The van der Waals surface area contributed by atoms with Crippen molar-refractivity contribution in [3.05, 3.63) is 71.3 Å². The number of rotatable bonds is 7. The fraction of sp³-hybridized carbons (Fsp3) is 0.190. The Balaban J connectivity index is 1.74. The number of carbonyl (C=O) groups is 1. The van der Waals surface area contributed by atoms with Gasteiger partial charge in [-0.05, 0) is 37.6 Å². The molecule has 1 heterocycles. The number of nitrogens with zero attached hydrogens (tertiary/aromatic N) is 3. The molecule has 0 saturated heterocycles. The van der Waals surface area contributed by atoms with Crippen LogP contribution in [0.3, 0.4) is 0 Å². The highest BCUT2D eigenvalue weighted by atomic mass is 35.5. The summed E-state index contributed by atoms with van der Waals surface area (Å²) in [6.45, 7) is 8.30. The number of nitrogens with one attached hydrogen (secondary N) is 1. The first-order chi connectivity index (χ1) is 13.5. The Morgan fingerprint density at radius 2 is 2.04 bits per heavy atom. The van der Waals surface area contributed by atoms with E-state index in [0.29, 0.717) is 22.4 Å². The first-order valence-electron chi connectivity index (χ1n) is 8.78. The van der Waals surface area contributed by atoms with Crippen LogP contribution in [0.25, 0.3) is 11.4 Å². The van der Waals surface area contributed by atoms with Crippen LogP contribution in [-0.2, 0) is 11.3 Å². The molecule has 0 spiro atoms. The zero-order chi connectivity index (χ0) is 20.1. The highest BCUT2D eigenvalue weighted by Gasteiger charge is 2.15. The predicted molar refractivity (Wildman–Crippen MR) is 116 cm³/mol. The molecule has 5 nitrogen and oxygen atoms in total. The zero-order valence-corrected chi connectivity index (χ0v) is 17.3. The van der Waals surface area contributed by atoms with Crippen molar-refractivity contribution in [3.63, 3.8) is 0 Å². The average Bonchev–Trinajstić information content (AvgIpc) is 3.07. The highest BCUT2D eigenvalue weighted by Crippen LogP contribution is 2.26. The fourth-order valence-corrected chi connectivity index (χ4v) is 3.67. The van der Waals surface area contributed by atoms with Crippen molar-refractivity contribution in [1.82, 2.24) is 14.8 Å². The molecule has 144 valence electrons. The van der Waals surface area contributed by atoms with Gasteiger partial charge >= 0.3 is 0 Å². The van der Waals surface area contributed by atoms with E-state index in [0.717, 1.165) is 22.5 Å². The molecule has 1 aromatic heterocycles. The summed E-state index contributed by atoms with van der Waals surface area (Å²) in [5.74, 6) is 0.854. The summed E-state index contributed by atoms with van der Waals surface area (Å²) in [6.07, 6.45) is 1.79. The lowest BCUT2D eigenvalue weighted by Gasteiger charge is -2.10. The maximum absolute atomic E-state index is 12.4. The van der Waals surface area contributed by atoms with Gasteiger partial charge in [-0.2, -0.15) is 0 Å². The van der Waals surface area contributed by atoms with Crippen molar-refractivity contribution >= 4 is 35.0 Å². The molecule has 0 atom stereocenters. The molecule has 1 N–H and O–H groups in total. The van der Waals surface area contributed by atoms with Crippen LogP contribution in [0.5, 0.6) is 0 Å². The molecular formula is C21H21ClN4OS. The summed E-state index contributed by atoms with van der Waals surface area (Å²) in [5, 5.41) is 12.8. The lowest BCUT2D eigenvalue weighted by Crippen LogP contribution is -2.15. The summed E-state index contributed by atoms with van der Waals surface area (Å²) in [4.78, 5) is 12.4. The molecule has 0 aliphatic rings. The van der Waals surface area contributed by atoms with E-state index in [2.05, 4.69) is 28.2 Å². The van der Waals surface area contributed by atoms with Gasteiger partial charge in [0.25, 0.3) is 0 Å². The standard InChI is InChI=1S/C21H21ClN4OS/c1-4-11-26-20(16-8-5-7-14(2)12-16)24-25-21(26)28-13-19(27)23-18-10-6-9-17(22)15(18)3/h4-10,12H,1,11,13H2,2-3H3,(H,23,27). The fourth-order valence-electron chi connectivity index (χ4n) is 2.75. The summed E-state index contributed by atoms with van der Waals surface area (Å²) in [5.41, 5.74) is 3.70. The van der Waals surface area contributed by atoms with Gasteiger partial charge in [0.05, 0.1) is 5.75 Å². The molecule has 0 saturated carbocycles. The van der Waals surface area contributed by atoms with E-state index in [9.17, 15) is 4.79 Å². The number of benzene rings is 2. The first kappa shape index (κ1) is 20.2. The molecule has 2 aromatic carbocycles. The second-order valence-electron chi connectivity index (χ2n) is 6.32. The van der Waals surface area contributed by atoms with E-state index in [4.69, 9.17) is 11.6 Å². The van der Waals surface area contributed by atoms with E-state index >= 15 is 0 Å². The Bertz CT molecular complexity index is 1020. The van der Waals surface area contributed by atoms with Crippen LogP contribution in [0.15, 0.2) is 60.3 Å². The molecule has 0 fully saturated rings. The Morgan fingerprint density at radius 3 is 2.79 bits per heavy atom. The molecular weight excluding hydrogens is 392 g/mol. The van der Waals surface area contributed by atoms with Gasteiger partial charge < -0.3 is 5.32 Å². The third-order valence-electron chi connectivity index (χ3n) is 4.18. The number of hydrogen-bond acceptors (Lipinski definition) is 4. The monoisotopic (exact) mass is 412 g/mol. The number of halogens is 1. The molecule has 0 aliphatic carbocycles. The maximum atomic E-state index is 12.4. The lowest BCUT2D eigenvalue weighted by atomic mass is 10.1. The van der Waals surface area contributed by atoms with Crippen molar-refractivity contribution in [3.8, 4) is 11.4 Å². The molecule has 28 heavy (non-hydrogen) atoms. The molecule has 7 heteroatoms. The van der Waals surface area contributed by atoms with Crippen LogP contribution in [-0.4, -0.2) is 26.4 Å². The molecule has 0 radical (unpaired) electrons. The average molecular weight is 413 g/mol. The van der Waals surface area contributed by atoms with Crippen molar-refractivity contribution in [2.45, 2.75) is 25.5 Å². The molecule has 1 amide bonds. The van der Waals surface area contributed by atoms with Crippen molar-refractivity contribution in [2.24, 2.45) is 0 Å². The zero-order valence-electron chi connectivity index (χ0n) is 15.8. The Kier molecular flexibility index (Phi) is 6.54. The number of aromatic nitrogens is 3. The van der Waals surface area contributed by atoms with Crippen LogP contribution >= 0.6 is 23.4 Å². The largest absolute Gasteiger partial charge is 0.325 e. The van der Waals surface area contributed by atoms with Gasteiger partial charge in [0.2, 0.25) is 5.91 Å². The molecule has 0 aliphatic heterocycles. The van der Waals surface area contributed by atoms with Crippen molar-refractivity contribution in [1.29, 1.82) is 0 Å². The van der Waals surface area contributed by atoms with Gasteiger partial charge in [-0.3, -0.25) is 9.36 Å². The highest BCUT2D eigenvalue weighted by molar-refractivity contribution is 7.99. The Morgan fingerprint density at radius 1 is 1.25 bits per heavy atom. The van der Waals surface area contributed by atoms with Gasteiger partial charge in [-0.1, -0.05) is 59.3 Å². The minimum atomic E-state index is -0.124. The summed E-state index contributed by atoms with van der Waals surface area (Å²) < 4.78 is 1.96. The first-order valence-corrected chi connectivity index (χ1v) is 10.1. The summed E-state index contributed by atoms with van der Waals surface area (Å²) >= 11 is 7.45. The van der Waals surface area contributed by atoms with Crippen LogP contribution < -0.4 is 5.32 Å². The molecule has 0 unspecified atom stereocenters. The van der Waals surface area contributed by atoms with Crippen LogP contribution in [0.1, 0.15) is 11.1 Å². The van der Waals surface area contributed by atoms with Gasteiger partial charge in [0, 0.05) is 22.8 Å². The van der Waals surface area contributed by atoms with Crippen LogP contribution in [0.2, 0.25) is 5.02 Å². The van der Waals surface area contributed by atoms with Crippen molar-refractivity contribution in [2.75, 3.05) is 11.1 Å². The smallest absolute Gasteiger partial charge is 0.234 e. The van der Waals surface area contributed by atoms with Gasteiger partial charge in [0.1, 0.15) is 0 Å². The van der Waals surface area contributed by atoms with E-state index in [1.165, 1.54) is 11.8 Å². The minimum Gasteiger partial charge on any atom is -0.325 e. The number of thioether (sulfide) groups is 1. The topological polar surface area (TPSA) is 59.8 Å². The quantitative estimate of drug-likeness (QED) is 0.431. The Labute approximate surface area is 173 Å². The summed E-state index contributed by atoms with van der Waals surface area (Å²) in [7, 11) is 0. The lowest BCUT2D eigenvalue weighted by molar-refractivity contribution is -0.113. The van der Waals surface area contributed by atoms with Gasteiger partial charge in [0.15, 0.2) is 11.0 Å². The van der Waals surface area contributed by atoms with E-state index in [1.807, 2.05) is 48.7 Å². The molecule has 3 rings (SSSR count). The minimum absolute atomic E-state index is 0.124. The maximum Gasteiger partial charge on any atom is 0.234 e. The number of anilines is 1. The number of hydrogen-bond donors (Lipinski definition) is 1. The van der Waals surface area contributed by atoms with Gasteiger partial charge in [-0.25, -0.2) is 0 Å². The second kappa shape index (κ2) is 9.08. The number of amides is 1. The van der Waals surface area contributed by atoms with Crippen molar-refractivity contribution < 1.29 is 4.79 Å². The van der Waals surface area contributed by atoms with Crippen LogP contribution in [0, 0.1) is 13.8 Å². The third kappa shape index (κ3) is 4.64. The number of allylic oxidation sites excluding steroid dienone is 1. The normalized spacial score (nSPS) is 10.7. The van der Waals surface area contributed by atoms with Gasteiger partial charge in [-0.15, -0.1) is 16.8 Å². The molecule has 3 aromatic rings. The Hall–Kier alpha value is -2.57. The van der Waals surface area contributed by atoms with E-state index in [1.54, 1.807) is 12.1 Å². The molecule has 0 bridgehead atoms. The number of carbonyl (C=O) groups excluding carboxylic acids is 1. The van der Waals surface area contributed by atoms with Crippen LogP contribution in [0.4, 0.5) is 5.69 Å². The summed E-state index contributed by atoms with van der Waals surface area (Å²) in [6, 6.07) is 13.5.